The smallest absolute Gasteiger partial charge is 0.146 e. The highest BCUT2D eigenvalue weighted by Gasteiger charge is 2.46. The van der Waals surface area contributed by atoms with Gasteiger partial charge in [-0.25, -0.2) is 4.39 Å². The summed E-state index contributed by atoms with van der Waals surface area (Å²) in [6.07, 6.45) is 7.37. The Kier molecular flexibility index (Phi) is 2.35. The van der Waals surface area contributed by atoms with Crippen LogP contribution < -0.4 is 0 Å². The maximum Gasteiger partial charge on any atom is 0.146 e. The molecule has 0 aromatic carbocycles. The summed E-state index contributed by atoms with van der Waals surface area (Å²) in [5.74, 6) is -0.200. The van der Waals surface area contributed by atoms with Gasteiger partial charge in [-0.15, -0.1) is 0 Å². The molecule has 0 bridgehead atoms. The Hall–Kier alpha value is -0.830. The van der Waals surface area contributed by atoms with Crippen LogP contribution in [0.25, 0.3) is 6.08 Å². The van der Waals surface area contributed by atoms with Gasteiger partial charge in [0.15, 0.2) is 0 Å². The molecule has 1 aromatic heterocycles. The summed E-state index contributed by atoms with van der Waals surface area (Å²) < 4.78 is 13.6. The largest absolute Gasteiger partial charge is 0.256 e. The van der Waals surface area contributed by atoms with E-state index in [2.05, 4.69) is 11.6 Å². The number of hydrogen-bond donors (Lipinski definition) is 0. The number of hydrogen-bond acceptors (Lipinski definition) is 2. The van der Waals surface area contributed by atoms with Crippen LogP contribution in [0.5, 0.6) is 0 Å². The second-order valence-electron chi connectivity index (χ2n) is 3.50. The SMILES string of the molecule is C=Cc1cnc(C2(SC)CC2)c(F)c1. The van der Waals surface area contributed by atoms with Crippen molar-refractivity contribution >= 4 is 17.8 Å². The van der Waals surface area contributed by atoms with Crippen molar-refractivity contribution < 1.29 is 4.39 Å². The van der Waals surface area contributed by atoms with Crippen molar-refractivity contribution in [2.75, 3.05) is 6.26 Å². The van der Waals surface area contributed by atoms with Crippen molar-refractivity contribution in [2.45, 2.75) is 17.6 Å². The van der Waals surface area contributed by atoms with E-state index in [1.807, 2.05) is 6.26 Å². The second kappa shape index (κ2) is 3.39. The topological polar surface area (TPSA) is 12.9 Å². The number of pyridine rings is 1. The van der Waals surface area contributed by atoms with E-state index in [1.165, 1.54) is 6.07 Å². The van der Waals surface area contributed by atoms with E-state index >= 15 is 0 Å². The average molecular weight is 209 g/mol. The van der Waals surface area contributed by atoms with E-state index in [9.17, 15) is 4.39 Å². The molecule has 1 fully saturated rings. The fourth-order valence-electron chi connectivity index (χ4n) is 1.55. The van der Waals surface area contributed by atoms with Crippen molar-refractivity contribution in [1.29, 1.82) is 0 Å². The van der Waals surface area contributed by atoms with Gasteiger partial charge in [0, 0.05) is 6.20 Å². The molecule has 1 heterocycles. The molecular formula is C11H12FNS. The zero-order valence-electron chi connectivity index (χ0n) is 8.09. The lowest BCUT2D eigenvalue weighted by atomic mass is 10.2. The summed E-state index contributed by atoms with van der Waals surface area (Å²) in [5.41, 5.74) is 1.35. The second-order valence-corrected chi connectivity index (χ2v) is 4.69. The van der Waals surface area contributed by atoms with Gasteiger partial charge < -0.3 is 0 Å². The number of thioether (sulfide) groups is 1. The lowest BCUT2D eigenvalue weighted by molar-refractivity contribution is 0.594. The van der Waals surface area contributed by atoms with Crippen LogP contribution in [0.2, 0.25) is 0 Å². The predicted molar refractivity (Wildman–Crippen MR) is 58.7 cm³/mol. The highest BCUT2D eigenvalue weighted by Crippen LogP contribution is 2.55. The van der Waals surface area contributed by atoms with Crippen molar-refractivity contribution in [3.05, 3.63) is 35.9 Å². The standard InChI is InChI=1S/C11H12FNS/c1-3-8-6-9(12)10(13-7-8)11(14-2)4-5-11/h3,6-7H,1,4-5H2,2H3. The zero-order chi connectivity index (χ0) is 10.2. The van der Waals surface area contributed by atoms with E-state index < -0.39 is 0 Å². The van der Waals surface area contributed by atoms with Gasteiger partial charge in [0.05, 0.1) is 10.4 Å². The van der Waals surface area contributed by atoms with E-state index in [0.29, 0.717) is 5.69 Å². The van der Waals surface area contributed by atoms with Crippen LogP contribution in [0.4, 0.5) is 4.39 Å². The molecule has 0 unspecified atom stereocenters. The lowest BCUT2D eigenvalue weighted by Crippen LogP contribution is -2.06. The molecule has 0 saturated heterocycles. The Morgan fingerprint density at radius 1 is 1.64 bits per heavy atom. The van der Waals surface area contributed by atoms with Crippen LogP contribution in [-0.2, 0) is 4.75 Å². The van der Waals surface area contributed by atoms with Gasteiger partial charge >= 0.3 is 0 Å². The highest BCUT2D eigenvalue weighted by atomic mass is 32.2. The van der Waals surface area contributed by atoms with Crippen LogP contribution >= 0.6 is 11.8 Å². The molecule has 1 aliphatic rings. The summed E-state index contributed by atoms with van der Waals surface area (Å²) in [6, 6.07) is 1.51. The number of halogens is 1. The van der Waals surface area contributed by atoms with Crippen LogP contribution in [0.15, 0.2) is 18.8 Å². The third kappa shape index (κ3) is 1.46. The Labute approximate surface area is 87.4 Å². The van der Waals surface area contributed by atoms with E-state index in [-0.39, 0.29) is 10.6 Å². The van der Waals surface area contributed by atoms with E-state index in [0.717, 1.165) is 18.4 Å². The molecule has 0 atom stereocenters. The normalized spacial score (nSPS) is 17.9. The highest BCUT2D eigenvalue weighted by molar-refractivity contribution is 7.99. The maximum atomic E-state index is 13.6. The number of aromatic nitrogens is 1. The molecule has 0 radical (unpaired) electrons. The van der Waals surface area contributed by atoms with Crippen molar-refractivity contribution in [3.63, 3.8) is 0 Å². The average Bonchev–Trinajstić information content (AvgIpc) is 2.98. The van der Waals surface area contributed by atoms with Crippen molar-refractivity contribution in [3.8, 4) is 0 Å². The van der Waals surface area contributed by atoms with Crippen LogP contribution in [0.3, 0.4) is 0 Å². The monoisotopic (exact) mass is 209 g/mol. The fraction of sp³-hybridized carbons (Fsp3) is 0.364. The molecular weight excluding hydrogens is 197 g/mol. The summed E-state index contributed by atoms with van der Waals surface area (Å²) in [6.45, 7) is 3.59. The molecule has 0 aliphatic heterocycles. The van der Waals surface area contributed by atoms with Crippen molar-refractivity contribution in [2.24, 2.45) is 0 Å². The fourth-order valence-corrected chi connectivity index (χ4v) is 2.40. The Balaban J connectivity index is 2.40. The van der Waals surface area contributed by atoms with Gasteiger partial charge in [0.25, 0.3) is 0 Å². The van der Waals surface area contributed by atoms with Crippen LogP contribution in [-0.4, -0.2) is 11.2 Å². The minimum Gasteiger partial charge on any atom is -0.256 e. The minimum atomic E-state index is -0.200. The molecule has 74 valence electrons. The number of nitrogens with zero attached hydrogens (tertiary/aromatic N) is 1. The number of rotatable bonds is 3. The van der Waals surface area contributed by atoms with Gasteiger partial charge in [0.2, 0.25) is 0 Å². The van der Waals surface area contributed by atoms with Gasteiger partial charge in [-0.05, 0) is 30.7 Å². The third-order valence-electron chi connectivity index (χ3n) is 2.62. The molecule has 1 saturated carbocycles. The first-order chi connectivity index (χ1) is 6.72. The summed E-state index contributed by atoms with van der Waals surface area (Å²) in [5, 5.41) is 0. The third-order valence-corrected chi connectivity index (χ3v) is 4.01. The molecule has 14 heavy (non-hydrogen) atoms. The first kappa shape index (κ1) is 9.71. The van der Waals surface area contributed by atoms with Gasteiger partial charge in [-0.1, -0.05) is 12.7 Å². The molecule has 1 aliphatic carbocycles. The quantitative estimate of drug-likeness (QED) is 0.758. The van der Waals surface area contributed by atoms with E-state index in [1.54, 1.807) is 24.0 Å². The first-order valence-electron chi connectivity index (χ1n) is 4.55. The van der Waals surface area contributed by atoms with Crippen LogP contribution in [0, 0.1) is 5.82 Å². The van der Waals surface area contributed by atoms with Gasteiger partial charge in [0.1, 0.15) is 5.82 Å². The Morgan fingerprint density at radius 3 is 2.79 bits per heavy atom. The van der Waals surface area contributed by atoms with Gasteiger partial charge in [-0.2, -0.15) is 11.8 Å². The molecule has 0 N–H and O–H groups in total. The molecule has 2 rings (SSSR count). The molecule has 1 nitrogen and oxygen atoms in total. The van der Waals surface area contributed by atoms with Gasteiger partial charge in [-0.3, -0.25) is 4.98 Å². The molecule has 1 aromatic rings. The van der Waals surface area contributed by atoms with Crippen molar-refractivity contribution in [1.82, 2.24) is 4.98 Å². The lowest BCUT2D eigenvalue weighted by Gasteiger charge is -2.12. The molecule has 3 heteroatoms. The Bertz CT molecular complexity index is 372. The maximum absolute atomic E-state index is 13.6. The zero-order valence-corrected chi connectivity index (χ0v) is 8.90. The molecule has 0 amide bonds. The van der Waals surface area contributed by atoms with Crippen LogP contribution in [0.1, 0.15) is 24.1 Å². The summed E-state index contributed by atoms with van der Waals surface area (Å²) >= 11 is 1.69. The molecule has 0 spiro atoms. The predicted octanol–water partition coefficient (Wildman–Crippen LogP) is 3.22. The van der Waals surface area contributed by atoms with E-state index in [4.69, 9.17) is 0 Å². The summed E-state index contributed by atoms with van der Waals surface area (Å²) in [4.78, 5) is 4.19. The minimum absolute atomic E-state index is 0.0379. The first-order valence-corrected chi connectivity index (χ1v) is 5.78. The Morgan fingerprint density at radius 2 is 2.36 bits per heavy atom. The summed E-state index contributed by atoms with van der Waals surface area (Å²) in [7, 11) is 0.